The molecule has 0 aromatic heterocycles. The lowest BCUT2D eigenvalue weighted by Gasteiger charge is -2.37. The fourth-order valence-corrected chi connectivity index (χ4v) is 3.27. The lowest BCUT2D eigenvalue weighted by atomic mass is 10.1. The minimum atomic E-state index is -3.22. The van der Waals surface area contributed by atoms with Crippen molar-refractivity contribution in [3.63, 3.8) is 0 Å². The van der Waals surface area contributed by atoms with Crippen molar-refractivity contribution in [2.75, 3.05) is 6.54 Å². The first kappa shape index (κ1) is 9.68. The van der Waals surface area contributed by atoms with Crippen molar-refractivity contribution in [2.45, 2.75) is 24.3 Å². The quantitative estimate of drug-likeness (QED) is 0.743. The Labute approximate surface area is 84.4 Å². The van der Waals surface area contributed by atoms with E-state index in [4.69, 9.17) is 0 Å². The molecule has 76 valence electrons. The largest absolute Gasteiger partial charge is 0.243 e. The van der Waals surface area contributed by atoms with Gasteiger partial charge in [0.15, 0.2) is 0 Å². The van der Waals surface area contributed by atoms with E-state index in [1.54, 1.807) is 28.6 Å². The van der Waals surface area contributed by atoms with Crippen molar-refractivity contribution in [2.24, 2.45) is 0 Å². The highest BCUT2D eigenvalue weighted by molar-refractivity contribution is 7.89. The SMILES string of the molecule is C[C@H]1CCN1S(=O)(=O)c1ccccc1. The summed E-state index contributed by atoms with van der Waals surface area (Å²) < 4.78 is 25.4. The fourth-order valence-electron chi connectivity index (χ4n) is 1.58. The highest BCUT2D eigenvalue weighted by atomic mass is 32.2. The summed E-state index contributed by atoms with van der Waals surface area (Å²) in [6.07, 6.45) is 0.964. The minimum Gasteiger partial charge on any atom is -0.207 e. The molecule has 0 N–H and O–H groups in total. The molecule has 0 aliphatic carbocycles. The zero-order valence-corrected chi connectivity index (χ0v) is 8.87. The molecule has 3 nitrogen and oxygen atoms in total. The first-order valence-corrected chi connectivity index (χ1v) is 6.13. The van der Waals surface area contributed by atoms with E-state index >= 15 is 0 Å². The summed E-state index contributed by atoms with van der Waals surface area (Å²) in [5.74, 6) is 0. The van der Waals surface area contributed by atoms with Crippen LogP contribution in [-0.4, -0.2) is 25.3 Å². The van der Waals surface area contributed by atoms with Crippen LogP contribution in [0.25, 0.3) is 0 Å². The third-order valence-corrected chi connectivity index (χ3v) is 4.64. The van der Waals surface area contributed by atoms with E-state index in [1.165, 1.54) is 0 Å². The smallest absolute Gasteiger partial charge is 0.207 e. The number of hydrogen-bond donors (Lipinski definition) is 0. The van der Waals surface area contributed by atoms with Crippen molar-refractivity contribution in [3.05, 3.63) is 30.3 Å². The molecule has 1 saturated heterocycles. The summed E-state index contributed by atoms with van der Waals surface area (Å²) in [5.41, 5.74) is 0. The normalized spacial score (nSPS) is 23.1. The summed E-state index contributed by atoms with van der Waals surface area (Å²) in [7, 11) is -3.22. The van der Waals surface area contributed by atoms with E-state index in [9.17, 15) is 8.42 Å². The number of benzene rings is 1. The molecule has 1 aromatic rings. The van der Waals surface area contributed by atoms with Gasteiger partial charge in [0, 0.05) is 12.6 Å². The van der Waals surface area contributed by atoms with Gasteiger partial charge in [0.05, 0.1) is 4.90 Å². The summed E-state index contributed by atoms with van der Waals surface area (Å²) in [6.45, 7) is 2.59. The Balaban J connectivity index is 2.34. The second kappa shape index (κ2) is 3.37. The minimum absolute atomic E-state index is 0.153. The Hall–Kier alpha value is -0.870. The molecule has 1 fully saturated rings. The predicted octanol–water partition coefficient (Wildman–Crippen LogP) is 1.47. The molecule has 0 saturated carbocycles. The topological polar surface area (TPSA) is 37.4 Å². The molecule has 1 heterocycles. The molecule has 1 aliphatic rings. The van der Waals surface area contributed by atoms with Crippen LogP contribution in [0.15, 0.2) is 35.2 Å². The van der Waals surface area contributed by atoms with Gasteiger partial charge >= 0.3 is 0 Å². The number of hydrogen-bond acceptors (Lipinski definition) is 2. The number of sulfonamides is 1. The number of nitrogens with zero attached hydrogens (tertiary/aromatic N) is 1. The van der Waals surface area contributed by atoms with Crippen molar-refractivity contribution >= 4 is 10.0 Å². The van der Waals surface area contributed by atoms with E-state index < -0.39 is 10.0 Å². The average Bonchev–Trinajstić information content (AvgIpc) is 2.16. The Morgan fingerprint density at radius 1 is 1.29 bits per heavy atom. The zero-order chi connectivity index (χ0) is 10.2. The van der Waals surface area contributed by atoms with Crippen LogP contribution < -0.4 is 0 Å². The van der Waals surface area contributed by atoms with Crippen molar-refractivity contribution in [3.8, 4) is 0 Å². The first-order valence-electron chi connectivity index (χ1n) is 4.69. The monoisotopic (exact) mass is 211 g/mol. The summed E-state index contributed by atoms with van der Waals surface area (Å²) >= 11 is 0. The van der Waals surface area contributed by atoms with Gasteiger partial charge in [-0.3, -0.25) is 0 Å². The molecule has 0 bridgehead atoms. The zero-order valence-electron chi connectivity index (χ0n) is 8.05. The van der Waals surface area contributed by atoms with Crippen LogP contribution in [0.5, 0.6) is 0 Å². The molecule has 0 radical (unpaired) electrons. The summed E-state index contributed by atoms with van der Waals surface area (Å²) in [4.78, 5) is 0.395. The molecule has 0 amide bonds. The van der Waals surface area contributed by atoms with Crippen molar-refractivity contribution in [1.29, 1.82) is 0 Å². The maximum atomic E-state index is 12.0. The van der Waals surface area contributed by atoms with Gasteiger partial charge in [-0.1, -0.05) is 18.2 Å². The standard InChI is InChI=1S/C10H13NO2S/c1-9-7-8-11(9)14(12,13)10-5-3-2-4-6-10/h2-6,9H,7-8H2,1H3/t9-/m0/s1. The Morgan fingerprint density at radius 3 is 2.36 bits per heavy atom. The van der Waals surface area contributed by atoms with Gasteiger partial charge in [0.1, 0.15) is 0 Å². The Kier molecular flexibility index (Phi) is 2.33. The van der Waals surface area contributed by atoms with Crippen molar-refractivity contribution < 1.29 is 8.42 Å². The van der Waals surface area contributed by atoms with Crippen LogP contribution >= 0.6 is 0 Å². The van der Waals surface area contributed by atoms with E-state index in [2.05, 4.69) is 0 Å². The summed E-state index contributed by atoms with van der Waals surface area (Å²) in [5, 5.41) is 0. The van der Waals surface area contributed by atoms with Crippen LogP contribution in [0, 0.1) is 0 Å². The Morgan fingerprint density at radius 2 is 1.93 bits per heavy atom. The van der Waals surface area contributed by atoms with Crippen molar-refractivity contribution in [1.82, 2.24) is 4.31 Å². The maximum absolute atomic E-state index is 12.0. The fraction of sp³-hybridized carbons (Fsp3) is 0.400. The third-order valence-electron chi connectivity index (χ3n) is 2.61. The lowest BCUT2D eigenvalue weighted by Crippen LogP contribution is -2.49. The Bertz CT molecular complexity index is 413. The molecule has 4 heteroatoms. The van der Waals surface area contributed by atoms with Gasteiger partial charge < -0.3 is 0 Å². The molecule has 0 unspecified atom stereocenters. The molecule has 1 aromatic carbocycles. The predicted molar refractivity (Wildman–Crippen MR) is 54.4 cm³/mol. The molecule has 1 atom stereocenters. The van der Waals surface area contributed by atoms with Gasteiger partial charge in [-0.15, -0.1) is 0 Å². The summed E-state index contributed by atoms with van der Waals surface area (Å²) in [6, 6.07) is 8.74. The third kappa shape index (κ3) is 1.44. The van der Waals surface area contributed by atoms with Gasteiger partial charge in [-0.2, -0.15) is 4.31 Å². The molecular formula is C10H13NO2S. The first-order chi connectivity index (χ1) is 6.62. The second-order valence-electron chi connectivity index (χ2n) is 3.57. The van der Waals surface area contributed by atoms with Crippen LogP contribution in [0.3, 0.4) is 0 Å². The molecule has 0 spiro atoms. The van der Waals surface area contributed by atoms with E-state index in [0.29, 0.717) is 11.4 Å². The van der Waals surface area contributed by atoms with Crippen LogP contribution in [0.2, 0.25) is 0 Å². The lowest BCUT2D eigenvalue weighted by molar-refractivity contribution is 0.217. The molecular weight excluding hydrogens is 198 g/mol. The highest BCUT2D eigenvalue weighted by Gasteiger charge is 2.35. The molecule has 1 aliphatic heterocycles. The highest BCUT2D eigenvalue weighted by Crippen LogP contribution is 2.25. The van der Waals surface area contributed by atoms with Gasteiger partial charge in [0.2, 0.25) is 10.0 Å². The van der Waals surface area contributed by atoms with Gasteiger partial charge in [0.25, 0.3) is 0 Å². The number of rotatable bonds is 2. The van der Waals surface area contributed by atoms with E-state index in [1.807, 2.05) is 13.0 Å². The van der Waals surface area contributed by atoms with Crippen LogP contribution in [0.1, 0.15) is 13.3 Å². The molecule has 2 rings (SSSR count). The average molecular weight is 211 g/mol. The van der Waals surface area contributed by atoms with Crippen LogP contribution in [0.4, 0.5) is 0 Å². The second-order valence-corrected chi connectivity index (χ2v) is 5.46. The maximum Gasteiger partial charge on any atom is 0.243 e. The van der Waals surface area contributed by atoms with E-state index in [0.717, 1.165) is 6.42 Å². The van der Waals surface area contributed by atoms with Gasteiger partial charge in [-0.25, -0.2) is 8.42 Å². The van der Waals surface area contributed by atoms with Crippen LogP contribution in [-0.2, 0) is 10.0 Å². The van der Waals surface area contributed by atoms with Gasteiger partial charge in [-0.05, 0) is 25.5 Å². The molecule has 14 heavy (non-hydrogen) atoms. The van der Waals surface area contributed by atoms with E-state index in [-0.39, 0.29) is 6.04 Å².